The van der Waals surface area contributed by atoms with Crippen LogP contribution in [0.3, 0.4) is 0 Å². The zero-order chi connectivity index (χ0) is 13.8. The topological polar surface area (TPSA) is 32.5 Å². The Morgan fingerprint density at radius 3 is 2.17 bits per heavy atom. The SMILES string of the molecule is CCCCCC(C)(CN)N1CC(C)N(C)C(C)C1. The van der Waals surface area contributed by atoms with Crippen LogP contribution < -0.4 is 5.73 Å². The summed E-state index contributed by atoms with van der Waals surface area (Å²) in [5.41, 5.74) is 6.28. The Balaban J connectivity index is 2.63. The van der Waals surface area contributed by atoms with Crippen molar-refractivity contribution in [3.8, 4) is 0 Å². The predicted molar refractivity (Wildman–Crippen MR) is 79.9 cm³/mol. The predicted octanol–water partition coefficient (Wildman–Crippen LogP) is 2.31. The molecule has 108 valence electrons. The molecule has 1 rings (SSSR count). The third-order valence-corrected chi connectivity index (χ3v) is 4.88. The number of hydrogen-bond acceptors (Lipinski definition) is 3. The molecule has 1 aliphatic heterocycles. The molecule has 1 aliphatic rings. The smallest absolute Gasteiger partial charge is 0.0304 e. The first-order valence-electron chi connectivity index (χ1n) is 7.61. The molecule has 0 saturated carbocycles. The minimum absolute atomic E-state index is 0.193. The number of unbranched alkanes of at least 4 members (excludes halogenated alkanes) is 2. The fourth-order valence-electron chi connectivity index (χ4n) is 2.99. The maximum absolute atomic E-state index is 6.09. The van der Waals surface area contributed by atoms with Crippen LogP contribution in [0.25, 0.3) is 0 Å². The molecule has 1 saturated heterocycles. The summed E-state index contributed by atoms with van der Waals surface area (Å²) in [6, 6.07) is 1.26. The van der Waals surface area contributed by atoms with Crippen LogP contribution in [-0.4, -0.2) is 54.1 Å². The molecule has 2 N–H and O–H groups in total. The number of hydrogen-bond donors (Lipinski definition) is 1. The van der Waals surface area contributed by atoms with Crippen molar-refractivity contribution < 1.29 is 0 Å². The van der Waals surface area contributed by atoms with Crippen LogP contribution in [0.2, 0.25) is 0 Å². The summed E-state index contributed by atoms with van der Waals surface area (Å²) < 4.78 is 0. The summed E-state index contributed by atoms with van der Waals surface area (Å²) in [7, 11) is 2.24. The summed E-state index contributed by atoms with van der Waals surface area (Å²) in [5, 5.41) is 0. The van der Waals surface area contributed by atoms with Crippen molar-refractivity contribution in [1.82, 2.24) is 9.80 Å². The fraction of sp³-hybridized carbons (Fsp3) is 1.00. The largest absolute Gasteiger partial charge is 0.329 e. The fourth-order valence-corrected chi connectivity index (χ4v) is 2.99. The highest BCUT2D eigenvalue weighted by atomic mass is 15.3. The lowest BCUT2D eigenvalue weighted by molar-refractivity contribution is -0.00666. The van der Waals surface area contributed by atoms with Gasteiger partial charge in [0.2, 0.25) is 0 Å². The minimum Gasteiger partial charge on any atom is -0.329 e. The molecule has 0 amide bonds. The zero-order valence-electron chi connectivity index (χ0n) is 13.1. The number of nitrogens with zero attached hydrogens (tertiary/aromatic N) is 2. The van der Waals surface area contributed by atoms with E-state index in [0.717, 1.165) is 19.6 Å². The van der Waals surface area contributed by atoms with E-state index in [1.54, 1.807) is 0 Å². The lowest BCUT2D eigenvalue weighted by Crippen LogP contribution is -2.63. The summed E-state index contributed by atoms with van der Waals surface area (Å²) in [6.07, 6.45) is 5.16. The Kier molecular flexibility index (Phi) is 6.09. The van der Waals surface area contributed by atoms with Gasteiger partial charge in [-0.25, -0.2) is 0 Å². The van der Waals surface area contributed by atoms with Gasteiger partial charge in [0.25, 0.3) is 0 Å². The van der Waals surface area contributed by atoms with Gasteiger partial charge in [0, 0.05) is 37.3 Å². The lowest BCUT2D eigenvalue weighted by Gasteiger charge is -2.50. The molecule has 0 aromatic carbocycles. The molecule has 3 unspecified atom stereocenters. The van der Waals surface area contributed by atoms with Crippen molar-refractivity contribution in [3.63, 3.8) is 0 Å². The van der Waals surface area contributed by atoms with E-state index in [1.807, 2.05) is 0 Å². The second-order valence-corrected chi connectivity index (χ2v) is 6.43. The van der Waals surface area contributed by atoms with E-state index in [2.05, 4.69) is 44.5 Å². The van der Waals surface area contributed by atoms with Gasteiger partial charge in [0.15, 0.2) is 0 Å². The molecule has 0 spiro atoms. The van der Waals surface area contributed by atoms with Crippen LogP contribution in [-0.2, 0) is 0 Å². The van der Waals surface area contributed by atoms with Gasteiger partial charge in [-0.1, -0.05) is 26.2 Å². The van der Waals surface area contributed by atoms with Gasteiger partial charge in [-0.15, -0.1) is 0 Å². The number of piperazine rings is 1. The normalized spacial score (nSPS) is 30.3. The number of rotatable bonds is 6. The van der Waals surface area contributed by atoms with Crippen molar-refractivity contribution in [2.45, 2.75) is 71.0 Å². The first-order valence-corrected chi connectivity index (χ1v) is 7.61. The van der Waals surface area contributed by atoms with Crippen LogP contribution in [0.4, 0.5) is 0 Å². The quantitative estimate of drug-likeness (QED) is 0.739. The Labute approximate surface area is 114 Å². The number of nitrogens with two attached hydrogens (primary N) is 1. The van der Waals surface area contributed by atoms with Crippen LogP contribution in [0.5, 0.6) is 0 Å². The van der Waals surface area contributed by atoms with Crippen LogP contribution in [0.1, 0.15) is 53.4 Å². The van der Waals surface area contributed by atoms with Crippen LogP contribution in [0, 0.1) is 0 Å². The van der Waals surface area contributed by atoms with Gasteiger partial charge in [0.05, 0.1) is 0 Å². The summed E-state index contributed by atoms with van der Waals surface area (Å²) >= 11 is 0. The monoisotopic (exact) mass is 255 g/mol. The molecule has 18 heavy (non-hydrogen) atoms. The Morgan fingerprint density at radius 1 is 1.17 bits per heavy atom. The molecule has 0 radical (unpaired) electrons. The molecule has 3 heteroatoms. The Hall–Kier alpha value is -0.120. The molecule has 0 aliphatic carbocycles. The van der Waals surface area contributed by atoms with Crippen molar-refractivity contribution in [2.24, 2.45) is 5.73 Å². The third kappa shape index (κ3) is 3.69. The van der Waals surface area contributed by atoms with Gasteiger partial charge in [-0.05, 0) is 34.2 Å². The highest BCUT2D eigenvalue weighted by Gasteiger charge is 2.36. The minimum atomic E-state index is 0.193. The highest BCUT2D eigenvalue weighted by Crippen LogP contribution is 2.26. The molecule has 1 heterocycles. The van der Waals surface area contributed by atoms with E-state index < -0.39 is 0 Å². The zero-order valence-corrected chi connectivity index (χ0v) is 13.1. The van der Waals surface area contributed by atoms with Gasteiger partial charge >= 0.3 is 0 Å². The van der Waals surface area contributed by atoms with Crippen LogP contribution >= 0.6 is 0 Å². The van der Waals surface area contributed by atoms with Crippen molar-refractivity contribution in [3.05, 3.63) is 0 Å². The molecule has 0 bridgehead atoms. The van der Waals surface area contributed by atoms with E-state index in [1.165, 1.54) is 25.7 Å². The summed E-state index contributed by atoms with van der Waals surface area (Å²) in [6.45, 7) is 12.4. The van der Waals surface area contributed by atoms with E-state index in [9.17, 15) is 0 Å². The average molecular weight is 255 g/mol. The van der Waals surface area contributed by atoms with Gasteiger partial charge in [0.1, 0.15) is 0 Å². The van der Waals surface area contributed by atoms with Gasteiger partial charge in [-0.2, -0.15) is 0 Å². The van der Waals surface area contributed by atoms with Crippen LogP contribution in [0.15, 0.2) is 0 Å². The highest BCUT2D eigenvalue weighted by molar-refractivity contribution is 4.94. The molecular formula is C15H33N3. The molecule has 3 nitrogen and oxygen atoms in total. The first-order chi connectivity index (χ1) is 8.44. The first kappa shape index (κ1) is 15.9. The van der Waals surface area contributed by atoms with Crippen molar-refractivity contribution in [2.75, 3.05) is 26.7 Å². The summed E-state index contributed by atoms with van der Waals surface area (Å²) in [4.78, 5) is 5.12. The Morgan fingerprint density at radius 2 is 1.72 bits per heavy atom. The maximum atomic E-state index is 6.09. The maximum Gasteiger partial charge on any atom is 0.0304 e. The van der Waals surface area contributed by atoms with E-state index >= 15 is 0 Å². The molecule has 0 aromatic rings. The Bertz CT molecular complexity index is 232. The molecular weight excluding hydrogens is 222 g/mol. The number of likely N-dealkylation sites (N-methyl/N-ethyl adjacent to an activating group) is 1. The van der Waals surface area contributed by atoms with E-state index in [0.29, 0.717) is 12.1 Å². The van der Waals surface area contributed by atoms with E-state index in [-0.39, 0.29) is 5.54 Å². The molecule has 3 atom stereocenters. The average Bonchev–Trinajstić information content (AvgIpc) is 2.35. The second kappa shape index (κ2) is 6.88. The van der Waals surface area contributed by atoms with Gasteiger partial charge < -0.3 is 5.73 Å². The second-order valence-electron chi connectivity index (χ2n) is 6.43. The molecule has 0 aromatic heterocycles. The third-order valence-electron chi connectivity index (χ3n) is 4.88. The standard InChI is InChI=1S/C15H33N3/c1-6-7-8-9-15(4,12-16)18-10-13(2)17(5)14(3)11-18/h13-14H,6-12,16H2,1-5H3. The van der Waals surface area contributed by atoms with Crippen molar-refractivity contribution in [1.29, 1.82) is 0 Å². The lowest BCUT2D eigenvalue weighted by atomic mass is 9.90. The van der Waals surface area contributed by atoms with E-state index in [4.69, 9.17) is 5.73 Å². The van der Waals surface area contributed by atoms with Gasteiger partial charge in [-0.3, -0.25) is 9.80 Å². The summed E-state index contributed by atoms with van der Waals surface area (Å²) in [5.74, 6) is 0. The molecule has 1 fully saturated rings. The van der Waals surface area contributed by atoms with Crippen molar-refractivity contribution >= 4 is 0 Å².